The van der Waals surface area contributed by atoms with E-state index in [2.05, 4.69) is 25.7 Å². The first-order valence-electron chi connectivity index (χ1n) is 9.58. The lowest BCUT2D eigenvalue weighted by Gasteiger charge is -2.34. The van der Waals surface area contributed by atoms with Crippen LogP contribution in [-0.2, 0) is 6.54 Å². The molecule has 9 nitrogen and oxygen atoms in total. The SMILES string of the molecule is COc1ccccc1NC(=O)N1CCN(Cc2nnnn2-c2ccc(Cl)cc2)CC1. The van der Waals surface area contributed by atoms with E-state index in [9.17, 15) is 4.79 Å². The molecule has 10 heteroatoms. The first-order valence-corrected chi connectivity index (χ1v) is 9.96. The monoisotopic (exact) mass is 427 g/mol. The minimum absolute atomic E-state index is 0.134. The van der Waals surface area contributed by atoms with E-state index < -0.39 is 0 Å². The molecule has 0 atom stereocenters. The van der Waals surface area contributed by atoms with Crippen LogP contribution in [0.15, 0.2) is 48.5 Å². The van der Waals surface area contributed by atoms with Crippen molar-refractivity contribution in [3.63, 3.8) is 0 Å². The van der Waals surface area contributed by atoms with E-state index in [0.717, 1.165) is 24.6 Å². The number of anilines is 1. The molecule has 0 unspecified atom stereocenters. The Bertz CT molecular complexity index is 1000. The maximum atomic E-state index is 12.6. The van der Waals surface area contributed by atoms with Crippen molar-refractivity contribution >= 4 is 23.3 Å². The van der Waals surface area contributed by atoms with Crippen LogP contribution in [0.5, 0.6) is 5.75 Å². The molecule has 0 radical (unpaired) electrons. The van der Waals surface area contributed by atoms with Crippen molar-refractivity contribution < 1.29 is 9.53 Å². The Labute approximate surface area is 179 Å². The molecule has 0 aliphatic carbocycles. The van der Waals surface area contributed by atoms with Gasteiger partial charge in [-0.05, 0) is 46.8 Å². The molecular formula is C20H22ClN7O2. The summed E-state index contributed by atoms with van der Waals surface area (Å²) < 4.78 is 7.00. The fourth-order valence-electron chi connectivity index (χ4n) is 3.34. The summed E-state index contributed by atoms with van der Waals surface area (Å²) in [5, 5.41) is 15.6. The zero-order valence-corrected chi connectivity index (χ0v) is 17.3. The molecule has 1 aromatic heterocycles. The maximum absolute atomic E-state index is 12.6. The number of benzene rings is 2. The normalized spacial score (nSPS) is 14.5. The highest BCUT2D eigenvalue weighted by molar-refractivity contribution is 6.30. The average molecular weight is 428 g/mol. The maximum Gasteiger partial charge on any atom is 0.322 e. The van der Waals surface area contributed by atoms with Gasteiger partial charge in [0.05, 0.1) is 25.0 Å². The highest BCUT2D eigenvalue weighted by atomic mass is 35.5. The second kappa shape index (κ2) is 9.10. The summed E-state index contributed by atoms with van der Waals surface area (Å²) in [5.41, 5.74) is 1.52. The molecule has 1 saturated heterocycles. The Kier molecular flexibility index (Phi) is 6.10. The second-order valence-corrected chi connectivity index (χ2v) is 7.31. The van der Waals surface area contributed by atoms with Crippen LogP contribution in [-0.4, -0.2) is 69.3 Å². The number of aromatic nitrogens is 4. The minimum Gasteiger partial charge on any atom is -0.495 e. The van der Waals surface area contributed by atoms with Crippen molar-refractivity contribution in [1.82, 2.24) is 30.0 Å². The predicted molar refractivity (Wildman–Crippen MR) is 113 cm³/mol. The number of hydrogen-bond acceptors (Lipinski definition) is 6. The molecule has 0 bridgehead atoms. The van der Waals surface area contributed by atoms with Crippen LogP contribution in [0.3, 0.4) is 0 Å². The van der Waals surface area contributed by atoms with Crippen LogP contribution in [0.25, 0.3) is 5.69 Å². The molecular weight excluding hydrogens is 406 g/mol. The summed E-state index contributed by atoms with van der Waals surface area (Å²) >= 11 is 5.96. The van der Waals surface area contributed by atoms with Crippen molar-refractivity contribution in [3.8, 4) is 11.4 Å². The van der Waals surface area contributed by atoms with E-state index >= 15 is 0 Å². The first-order chi connectivity index (χ1) is 14.6. The largest absolute Gasteiger partial charge is 0.495 e. The molecule has 1 aliphatic rings. The number of hydrogen-bond donors (Lipinski definition) is 1. The Morgan fingerprint density at radius 3 is 2.57 bits per heavy atom. The Morgan fingerprint density at radius 1 is 1.10 bits per heavy atom. The summed E-state index contributed by atoms with van der Waals surface area (Å²) in [4.78, 5) is 16.6. The summed E-state index contributed by atoms with van der Waals surface area (Å²) in [5.74, 6) is 1.38. The van der Waals surface area contributed by atoms with Gasteiger partial charge in [0.15, 0.2) is 5.82 Å². The van der Waals surface area contributed by atoms with Crippen LogP contribution < -0.4 is 10.1 Å². The summed E-state index contributed by atoms with van der Waals surface area (Å²) in [6.07, 6.45) is 0. The van der Waals surface area contributed by atoms with Crippen molar-refractivity contribution in [2.45, 2.75) is 6.54 Å². The van der Waals surface area contributed by atoms with E-state index in [1.165, 1.54) is 0 Å². The van der Waals surface area contributed by atoms with Gasteiger partial charge in [-0.25, -0.2) is 4.79 Å². The number of para-hydroxylation sites is 2. The van der Waals surface area contributed by atoms with Gasteiger partial charge < -0.3 is 15.0 Å². The molecule has 1 aliphatic heterocycles. The van der Waals surface area contributed by atoms with E-state index in [1.807, 2.05) is 48.5 Å². The van der Waals surface area contributed by atoms with Gasteiger partial charge in [-0.1, -0.05) is 23.7 Å². The van der Waals surface area contributed by atoms with E-state index in [-0.39, 0.29) is 6.03 Å². The standard InChI is InChI=1S/C20H22ClN7O2/c1-30-18-5-3-2-4-17(18)22-20(29)27-12-10-26(11-13-27)14-19-23-24-25-28(19)16-8-6-15(21)7-9-16/h2-9H,10-14H2,1H3,(H,22,29). The van der Waals surface area contributed by atoms with Crippen molar-refractivity contribution in [2.75, 3.05) is 38.6 Å². The lowest BCUT2D eigenvalue weighted by atomic mass is 10.3. The third kappa shape index (κ3) is 4.52. The number of nitrogens with zero attached hydrogens (tertiary/aromatic N) is 6. The minimum atomic E-state index is -0.134. The van der Waals surface area contributed by atoms with Crippen molar-refractivity contribution in [3.05, 3.63) is 59.4 Å². The van der Waals surface area contributed by atoms with Crippen LogP contribution in [0.1, 0.15) is 5.82 Å². The van der Waals surface area contributed by atoms with Gasteiger partial charge in [-0.2, -0.15) is 4.68 Å². The molecule has 2 aromatic carbocycles. The zero-order valence-electron chi connectivity index (χ0n) is 16.5. The Hall–Kier alpha value is -3.17. The molecule has 2 amide bonds. The number of urea groups is 1. The van der Waals surface area contributed by atoms with Gasteiger partial charge in [-0.15, -0.1) is 5.10 Å². The lowest BCUT2D eigenvalue weighted by molar-refractivity contribution is 0.140. The molecule has 1 fully saturated rings. The van der Waals surface area contributed by atoms with Gasteiger partial charge in [0.2, 0.25) is 0 Å². The van der Waals surface area contributed by atoms with Crippen molar-refractivity contribution in [1.29, 1.82) is 0 Å². The molecule has 1 N–H and O–H groups in total. The number of methoxy groups -OCH3 is 1. The first kappa shape index (κ1) is 20.1. The number of carbonyl (C=O) groups is 1. The van der Waals surface area contributed by atoms with Gasteiger partial charge in [0.25, 0.3) is 0 Å². The molecule has 0 spiro atoms. The quantitative estimate of drug-likeness (QED) is 0.673. The fraction of sp³-hybridized carbons (Fsp3) is 0.300. The Morgan fingerprint density at radius 2 is 1.83 bits per heavy atom. The van der Waals surface area contributed by atoms with Crippen molar-refractivity contribution in [2.24, 2.45) is 0 Å². The van der Waals surface area contributed by atoms with E-state index in [0.29, 0.717) is 36.1 Å². The highest BCUT2D eigenvalue weighted by Gasteiger charge is 2.23. The third-order valence-corrected chi connectivity index (χ3v) is 5.23. The Balaban J connectivity index is 1.34. The molecule has 156 valence electrons. The number of ether oxygens (including phenoxy) is 1. The van der Waals surface area contributed by atoms with Gasteiger partial charge >= 0.3 is 6.03 Å². The number of nitrogens with one attached hydrogen (secondary N) is 1. The topological polar surface area (TPSA) is 88.4 Å². The zero-order chi connectivity index (χ0) is 20.9. The van der Waals surface area contributed by atoms with Crippen LogP contribution in [0.4, 0.5) is 10.5 Å². The number of tetrazole rings is 1. The molecule has 0 saturated carbocycles. The van der Waals surface area contributed by atoms with Crippen LogP contribution in [0, 0.1) is 0 Å². The molecule has 2 heterocycles. The molecule has 4 rings (SSSR count). The smallest absolute Gasteiger partial charge is 0.322 e. The third-order valence-electron chi connectivity index (χ3n) is 4.98. The fourth-order valence-corrected chi connectivity index (χ4v) is 3.46. The number of amides is 2. The predicted octanol–water partition coefficient (Wildman–Crippen LogP) is 2.67. The van der Waals surface area contributed by atoms with Crippen LogP contribution in [0.2, 0.25) is 5.02 Å². The van der Waals surface area contributed by atoms with Gasteiger partial charge in [-0.3, -0.25) is 4.90 Å². The van der Waals surface area contributed by atoms with Crippen LogP contribution >= 0.6 is 11.6 Å². The highest BCUT2D eigenvalue weighted by Crippen LogP contribution is 2.23. The summed E-state index contributed by atoms with van der Waals surface area (Å²) in [6.45, 7) is 3.28. The van der Waals surface area contributed by atoms with E-state index in [4.69, 9.17) is 16.3 Å². The lowest BCUT2D eigenvalue weighted by Crippen LogP contribution is -2.49. The molecule has 3 aromatic rings. The summed E-state index contributed by atoms with van der Waals surface area (Å²) in [7, 11) is 1.58. The average Bonchev–Trinajstić information content (AvgIpc) is 3.23. The van der Waals surface area contributed by atoms with E-state index in [1.54, 1.807) is 16.7 Å². The number of halogens is 1. The molecule has 30 heavy (non-hydrogen) atoms. The summed E-state index contributed by atoms with van der Waals surface area (Å²) in [6, 6.07) is 14.6. The van der Waals surface area contributed by atoms with Gasteiger partial charge in [0.1, 0.15) is 5.75 Å². The number of carbonyl (C=O) groups excluding carboxylic acids is 1. The number of rotatable bonds is 5. The second-order valence-electron chi connectivity index (χ2n) is 6.88. The number of piperazine rings is 1. The van der Waals surface area contributed by atoms with Gasteiger partial charge in [0, 0.05) is 31.2 Å².